The molecule has 1 aliphatic carbocycles. The Hall–Kier alpha value is -0.650. The third kappa shape index (κ3) is 7.82. The molecule has 1 fully saturated rings. The van der Waals surface area contributed by atoms with Crippen molar-refractivity contribution in [3.63, 3.8) is 0 Å². The highest BCUT2D eigenvalue weighted by molar-refractivity contribution is 5.68. The van der Waals surface area contributed by atoms with E-state index < -0.39 is 0 Å². The first kappa shape index (κ1) is 17.4. The molecule has 0 radical (unpaired) electrons. The third-order valence-electron chi connectivity index (χ3n) is 3.83. The Morgan fingerprint density at radius 1 is 1.05 bits per heavy atom. The summed E-state index contributed by atoms with van der Waals surface area (Å²) >= 11 is 0. The summed E-state index contributed by atoms with van der Waals surface area (Å²) in [5, 5.41) is 0. The van der Waals surface area contributed by atoms with Crippen LogP contribution in [0.25, 0.3) is 0 Å². The average molecular weight is 287 g/mol. The topological polar surface area (TPSA) is 70.8 Å². The van der Waals surface area contributed by atoms with Crippen molar-refractivity contribution in [2.24, 2.45) is 17.6 Å². The molecule has 1 rings (SSSR count). The molecule has 0 saturated heterocycles. The normalized spacial score (nSPS) is 22.7. The van der Waals surface area contributed by atoms with Crippen LogP contribution in [0.2, 0.25) is 0 Å². The lowest BCUT2D eigenvalue weighted by atomic mass is 9.83. The molecule has 20 heavy (non-hydrogen) atoms. The van der Waals surface area contributed by atoms with Gasteiger partial charge < -0.3 is 19.9 Å². The number of ether oxygens (including phenoxy) is 3. The van der Waals surface area contributed by atoms with E-state index in [1.54, 1.807) is 0 Å². The predicted molar refractivity (Wildman–Crippen MR) is 77.4 cm³/mol. The number of carbonyl (C=O) groups excluding carboxylic acids is 1. The highest BCUT2D eigenvalue weighted by Crippen LogP contribution is 2.29. The molecule has 0 aliphatic heterocycles. The molecule has 1 saturated carbocycles. The average Bonchev–Trinajstić information content (AvgIpc) is 2.48. The van der Waals surface area contributed by atoms with Crippen molar-refractivity contribution >= 4 is 5.97 Å². The maximum absolute atomic E-state index is 10.9. The fourth-order valence-electron chi connectivity index (χ4n) is 2.57. The summed E-state index contributed by atoms with van der Waals surface area (Å²) < 4.78 is 15.7. The molecule has 0 unspecified atom stereocenters. The summed E-state index contributed by atoms with van der Waals surface area (Å²) in [6.07, 6.45) is 6.07. The fourth-order valence-corrected chi connectivity index (χ4v) is 2.57. The van der Waals surface area contributed by atoms with Crippen LogP contribution in [0.3, 0.4) is 0 Å². The molecule has 1 aliphatic rings. The van der Waals surface area contributed by atoms with E-state index in [0.29, 0.717) is 38.0 Å². The van der Waals surface area contributed by atoms with Gasteiger partial charge >= 0.3 is 5.97 Å². The van der Waals surface area contributed by atoms with Gasteiger partial charge in [-0.1, -0.05) is 0 Å². The maximum Gasteiger partial charge on any atom is 0.305 e. The van der Waals surface area contributed by atoms with Crippen LogP contribution in [0, 0.1) is 11.8 Å². The quantitative estimate of drug-likeness (QED) is 0.489. The zero-order valence-corrected chi connectivity index (χ0v) is 12.6. The minimum Gasteiger partial charge on any atom is -0.469 e. The van der Waals surface area contributed by atoms with Gasteiger partial charge in [-0.05, 0) is 43.9 Å². The molecule has 0 aromatic carbocycles. The maximum atomic E-state index is 10.9. The van der Waals surface area contributed by atoms with E-state index in [-0.39, 0.29) is 5.97 Å². The van der Waals surface area contributed by atoms with Crippen molar-refractivity contribution in [1.82, 2.24) is 0 Å². The number of rotatable bonds is 10. The van der Waals surface area contributed by atoms with Crippen molar-refractivity contribution in [2.75, 3.05) is 40.1 Å². The Balaban J connectivity index is 1.95. The molecule has 0 aromatic heterocycles. The van der Waals surface area contributed by atoms with E-state index >= 15 is 0 Å². The Morgan fingerprint density at radius 3 is 2.10 bits per heavy atom. The van der Waals surface area contributed by atoms with Crippen molar-refractivity contribution < 1.29 is 19.0 Å². The lowest BCUT2D eigenvalue weighted by Crippen LogP contribution is -2.23. The van der Waals surface area contributed by atoms with Gasteiger partial charge in [-0.25, -0.2) is 0 Å². The van der Waals surface area contributed by atoms with Crippen LogP contribution in [-0.4, -0.2) is 46.1 Å². The Labute approximate surface area is 122 Å². The van der Waals surface area contributed by atoms with E-state index in [4.69, 9.17) is 15.2 Å². The molecule has 118 valence electrons. The summed E-state index contributed by atoms with van der Waals surface area (Å²) in [5.74, 6) is 1.20. The first-order valence-electron chi connectivity index (χ1n) is 7.68. The van der Waals surface area contributed by atoms with Gasteiger partial charge in [0.1, 0.15) is 0 Å². The standard InChI is InChI=1S/C15H29NO4/c1-18-15(17)3-2-9-19-11-13-4-6-14(7-5-13)12-20-10-8-16/h13-14H,2-12,16H2,1H3. The van der Waals surface area contributed by atoms with Crippen molar-refractivity contribution in [1.29, 1.82) is 0 Å². The van der Waals surface area contributed by atoms with Gasteiger partial charge in [-0.2, -0.15) is 0 Å². The number of methoxy groups -OCH3 is 1. The second kappa shape index (κ2) is 11.1. The van der Waals surface area contributed by atoms with E-state index in [1.807, 2.05) is 0 Å². The second-order valence-electron chi connectivity index (χ2n) is 5.50. The molecule has 0 amide bonds. The van der Waals surface area contributed by atoms with Crippen LogP contribution in [0.1, 0.15) is 38.5 Å². The van der Waals surface area contributed by atoms with E-state index in [9.17, 15) is 4.79 Å². The molecule has 0 bridgehead atoms. The molecule has 5 nitrogen and oxygen atoms in total. The number of carbonyl (C=O) groups is 1. The van der Waals surface area contributed by atoms with Gasteiger partial charge in [0.25, 0.3) is 0 Å². The fraction of sp³-hybridized carbons (Fsp3) is 0.933. The lowest BCUT2D eigenvalue weighted by Gasteiger charge is -2.28. The Morgan fingerprint density at radius 2 is 1.60 bits per heavy atom. The molecular formula is C15H29NO4. The van der Waals surface area contributed by atoms with Gasteiger partial charge in [0.15, 0.2) is 0 Å². The Bertz CT molecular complexity index is 252. The number of hydrogen-bond acceptors (Lipinski definition) is 5. The van der Waals surface area contributed by atoms with Gasteiger partial charge in [0.2, 0.25) is 0 Å². The predicted octanol–water partition coefficient (Wildman–Crippen LogP) is 1.74. The highest BCUT2D eigenvalue weighted by Gasteiger charge is 2.21. The largest absolute Gasteiger partial charge is 0.469 e. The lowest BCUT2D eigenvalue weighted by molar-refractivity contribution is -0.141. The zero-order chi connectivity index (χ0) is 14.6. The van der Waals surface area contributed by atoms with Gasteiger partial charge in [0, 0.05) is 32.8 Å². The molecule has 0 heterocycles. The number of esters is 1. The SMILES string of the molecule is COC(=O)CCCOCC1CCC(COCCN)CC1. The summed E-state index contributed by atoms with van der Waals surface area (Å²) in [5.41, 5.74) is 5.40. The highest BCUT2D eigenvalue weighted by atomic mass is 16.5. The van der Waals surface area contributed by atoms with E-state index in [0.717, 1.165) is 19.6 Å². The first-order chi connectivity index (χ1) is 9.76. The third-order valence-corrected chi connectivity index (χ3v) is 3.83. The van der Waals surface area contributed by atoms with Crippen LogP contribution in [0.5, 0.6) is 0 Å². The van der Waals surface area contributed by atoms with Gasteiger partial charge in [-0.15, -0.1) is 0 Å². The minimum atomic E-state index is -0.161. The van der Waals surface area contributed by atoms with Crippen molar-refractivity contribution in [3.05, 3.63) is 0 Å². The van der Waals surface area contributed by atoms with Crippen LogP contribution >= 0.6 is 0 Å². The summed E-state index contributed by atoms with van der Waals surface area (Å²) in [6.45, 7) is 3.59. The molecular weight excluding hydrogens is 258 g/mol. The summed E-state index contributed by atoms with van der Waals surface area (Å²) in [6, 6.07) is 0. The minimum absolute atomic E-state index is 0.161. The van der Waals surface area contributed by atoms with Crippen LogP contribution in [0.15, 0.2) is 0 Å². The summed E-state index contributed by atoms with van der Waals surface area (Å²) in [4.78, 5) is 10.9. The van der Waals surface area contributed by atoms with E-state index in [1.165, 1.54) is 32.8 Å². The van der Waals surface area contributed by atoms with E-state index in [2.05, 4.69) is 4.74 Å². The smallest absolute Gasteiger partial charge is 0.305 e. The molecule has 0 atom stereocenters. The second-order valence-corrected chi connectivity index (χ2v) is 5.50. The Kier molecular flexibility index (Phi) is 9.62. The van der Waals surface area contributed by atoms with Crippen LogP contribution in [0.4, 0.5) is 0 Å². The van der Waals surface area contributed by atoms with Gasteiger partial charge in [-0.3, -0.25) is 4.79 Å². The molecule has 2 N–H and O–H groups in total. The first-order valence-corrected chi connectivity index (χ1v) is 7.68. The van der Waals surface area contributed by atoms with Crippen molar-refractivity contribution in [3.8, 4) is 0 Å². The molecule has 0 spiro atoms. The van der Waals surface area contributed by atoms with Crippen molar-refractivity contribution in [2.45, 2.75) is 38.5 Å². The van der Waals surface area contributed by atoms with Crippen LogP contribution in [-0.2, 0) is 19.0 Å². The number of nitrogens with two attached hydrogens (primary N) is 1. The molecule has 5 heteroatoms. The molecule has 0 aromatic rings. The van der Waals surface area contributed by atoms with Crippen LogP contribution < -0.4 is 5.73 Å². The zero-order valence-electron chi connectivity index (χ0n) is 12.6. The number of hydrogen-bond donors (Lipinski definition) is 1. The summed E-state index contributed by atoms with van der Waals surface area (Å²) in [7, 11) is 1.42. The van der Waals surface area contributed by atoms with Gasteiger partial charge in [0.05, 0.1) is 13.7 Å². The monoisotopic (exact) mass is 287 g/mol.